The van der Waals surface area contributed by atoms with Crippen LogP contribution in [0.2, 0.25) is 0 Å². The molecule has 0 saturated carbocycles. The molecule has 7 nitrogen and oxygen atoms in total. The first kappa shape index (κ1) is 15.8. The molecule has 0 fully saturated rings. The minimum absolute atomic E-state index is 0.260. The summed E-state index contributed by atoms with van der Waals surface area (Å²) < 4.78 is 4.90. The number of aromatic nitrogens is 1. The normalized spacial score (nSPS) is 22.1. The predicted octanol–water partition coefficient (Wildman–Crippen LogP) is 1.93. The fraction of sp³-hybridized carbons (Fsp3) is 0.235. The number of hydrogen-bond donors (Lipinski definition) is 1. The Morgan fingerprint density at radius 2 is 2.00 bits per heavy atom. The number of azo groups is 1. The molecule has 0 unspecified atom stereocenters. The van der Waals surface area contributed by atoms with Gasteiger partial charge in [-0.2, -0.15) is 10.2 Å². The fourth-order valence-electron chi connectivity index (χ4n) is 2.70. The lowest BCUT2D eigenvalue weighted by Crippen LogP contribution is -2.56. The SMILES string of the molecule is COC(=O)[C@]1(NC(=O)c2ccccc2)N=NC[C@H]1c1cccnc1. The molecule has 0 bridgehead atoms. The van der Waals surface area contributed by atoms with Crippen LogP contribution in [0.3, 0.4) is 0 Å². The summed E-state index contributed by atoms with van der Waals surface area (Å²) in [6.45, 7) is 0.260. The van der Waals surface area contributed by atoms with E-state index in [1.165, 1.54) is 7.11 Å². The number of benzene rings is 1. The van der Waals surface area contributed by atoms with E-state index in [1.807, 2.05) is 6.07 Å². The van der Waals surface area contributed by atoms with Crippen molar-refractivity contribution < 1.29 is 14.3 Å². The van der Waals surface area contributed by atoms with Gasteiger partial charge in [0, 0.05) is 18.0 Å². The second-order valence-corrected chi connectivity index (χ2v) is 5.34. The van der Waals surface area contributed by atoms with Crippen LogP contribution in [0.4, 0.5) is 0 Å². The van der Waals surface area contributed by atoms with Gasteiger partial charge in [-0.05, 0) is 23.8 Å². The van der Waals surface area contributed by atoms with Crippen LogP contribution >= 0.6 is 0 Å². The lowest BCUT2D eigenvalue weighted by Gasteiger charge is -2.29. The summed E-state index contributed by atoms with van der Waals surface area (Å²) in [6.07, 6.45) is 3.27. The highest BCUT2D eigenvalue weighted by Gasteiger charge is 2.52. The summed E-state index contributed by atoms with van der Waals surface area (Å²) in [5, 5.41) is 10.8. The van der Waals surface area contributed by atoms with Crippen LogP contribution in [-0.4, -0.2) is 36.2 Å². The molecule has 2 heterocycles. The average molecular weight is 324 g/mol. The first-order valence-electron chi connectivity index (χ1n) is 7.42. The Balaban J connectivity index is 1.97. The van der Waals surface area contributed by atoms with Gasteiger partial charge in [-0.3, -0.25) is 9.78 Å². The van der Waals surface area contributed by atoms with Crippen LogP contribution in [0.25, 0.3) is 0 Å². The molecule has 122 valence electrons. The Morgan fingerprint density at radius 1 is 1.21 bits per heavy atom. The number of nitrogens with one attached hydrogen (secondary N) is 1. The molecule has 1 aromatic heterocycles. The van der Waals surface area contributed by atoms with Crippen molar-refractivity contribution in [3.05, 3.63) is 66.0 Å². The summed E-state index contributed by atoms with van der Waals surface area (Å²) in [5.41, 5.74) is -0.417. The summed E-state index contributed by atoms with van der Waals surface area (Å²) in [7, 11) is 1.26. The lowest BCUT2D eigenvalue weighted by atomic mass is 9.87. The minimum Gasteiger partial charge on any atom is -0.466 e. The van der Waals surface area contributed by atoms with Crippen LogP contribution in [-0.2, 0) is 9.53 Å². The van der Waals surface area contributed by atoms with Crippen molar-refractivity contribution in [3.8, 4) is 0 Å². The highest BCUT2D eigenvalue weighted by molar-refractivity contribution is 5.98. The Morgan fingerprint density at radius 3 is 2.67 bits per heavy atom. The topological polar surface area (TPSA) is 93.0 Å². The molecule has 1 amide bonds. The van der Waals surface area contributed by atoms with Gasteiger partial charge in [0.15, 0.2) is 0 Å². The third-order valence-corrected chi connectivity index (χ3v) is 3.92. The van der Waals surface area contributed by atoms with Crippen LogP contribution in [0.1, 0.15) is 21.8 Å². The number of carbonyl (C=O) groups is 2. The van der Waals surface area contributed by atoms with E-state index in [1.54, 1.807) is 48.8 Å². The van der Waals surface area contributed by atoms with E-state index < -0.39 is 23.5 Å². The second-order valence-electron chi connectivity index (χ2n) is 5.34. The molecule has 0 spiro atoms. The molecule has 1 N–H and O–H groups in total. The van der Waals surface area contributed by atoms with Crippen LogP contribution in [0.5, 0.6) is 0 Å². The van der Waals surface area contributed by atoms with E-state index in [-0.39, 0.29) is 6.54 Å². The number of ether oxygens (including phenoxy) is 1. The molecular formula is C17H16N4O3. The van der Waals surface area contributed by atoms with Gasteiger partial charge < -0.3 is 10.1 Å². The Hall–Kier alpha value is -3.09. The van der Waals surface area contributed by atoms with E-state index in [0.29, 0.717) is 5.56 Å². The van der Waals surface area contributed by atoms with E-state index in [0.717, 1.165) is 5.56 Å². The number of methoxy groups -OCH3 is 1. The Labute approximate surface area is 138 Å². The number of hydrogen-bond acceptors (Lipinski definition) is 6. The number of esters is 1. The van der Waals surface area contributed by atoms with E-state index >= 15 is 0 Å². The molecule has 7 heteroatoms. The largest absolute Gasteiger partial charge is 0.466 e. The molecule has 1 aliphatic heterocycles. The third-order valence-electron chi connectivity index (χ3n) is 3.92. The molecule has 2 aromatic rings. The van der Waals surface area contributed by atoms with Crippen molar-refractivity contribution >= 4 is 11.9 Å². The zero-order valence-corrected chi connectivity index (χ0v) is 13.0. The standard InChI is InChI=1S/C17H16N4O3/c1-24-16(23)17(20-15(22)12-6-3-2-4-7-12)14(11-19-21-17)13-8-5-9-18-10-13/h2-10,14H,11H2,1H3,(H,20,22)/t14-,17+/m0/s1. The third kappa shape index (κ3) is 2.76. The molecular weight excluding hydrogens is 308 g/mol. The average Bonchev–Trinajstić information content (AvgIpc) is 3.07. The van der Waals surface area contributed by atoms with Gasteiger partial charge in [0.1, 0.15) is 0 Å². The van der Waals surface area contributed by atoms with Crippen molar-refractivity contribution in [1.29, 1.82) is 0 Å². The van der Waals surface area contributed by atoms with Crippen LogP contribution in [0.15, 0.2) is 65.1 Å². The maximum atomic E-state index is 12.6. The fourth-order valence-corrected chi connectivity index (χ4v) is 2.70. The quantitative estimate of drug-likeness (QED) is 0.870. The molecule has 24 heavy (non-hydrogen) atoms. The molecule has 0 saturated heterocycles. The van der Waals surface area contributed by atoms with Crippen molar-refractivity contribution in [2.24, 2.45) is 10.2 Å². The van der Waals surface area contributed by atoms with Gasteiger partial charge in [0.05, 0.1) is 19.6 Å². The van der Waals surface area contributed by atoms with Gasteiger partial charge in [-0.15, -0.1) is 0 Å². The Bertz CT molecular complexity index is 764. The molecule has 0 aliphatic carbocycles. The lowest BCUT2D eigenvalue weighted by molar-refractivity contribution is -0.148. The van der Waals surface area contributed by atoms with Gasteiger partial charge in [0.2, 0.25) is 0 Å². The van der Waals surface area contributed by atoms with Crippen LogP contribution < -0.4 is 5.32 Å². The molecule has 3 rings (SSSR count). The van der Waals surface area contributed by atoms with Gasteiger partial charge in [-0.25, -0.2) is 4.79 Å². The highest BCUT2D eigenvalue weighted by atomic mass is 16.5. The first-order valence-corrected chi connectivity index (χ1v) is 7.42. The number of amides is 1. The van der Waals surface area contributed by atoms with E-state index in [4.69, 9.17) is 4.74 Å². The monoisotopic (exact) mass is 324 g/mol. The second kappa shape index (κ2) is 6.57. The molecule has 1 aliphatic rings. The summed E-state index contributed by atoms with van der Waals surface area (Å²) >= 11 is 0. The zero-order valence-electron chi connectivity index (χ0n) is 13.0. The molecule has 0 radical (unpaired) electrons. The summed E-state index contributed by atoms with van der Waals surface area (Å²) in [6, 6.07) is 12.2. The molecule has 1 aromatic carbocycles. The maximum absolute atomic E-state index is 12.6. The number of pyridine rings is 1. The Kier molecular flexibility index (Phi) is 4.33. The number of carbonyl (C=O) groups excluding carboxylic acids is 2. The van der Waals surface area contributed by atoms with Crippen molar-refractivity contribution in [1.82, 2.24) is 10.3 Å². The van der Waals surface area contributed by atoms with Gasteiger partial charge >= 0.3 is 5.97 Å². The van der Waals surface area contributed by atoms with E-state index in [2.05, 4.69) is 20.5 Å². The maximum Gasteiger partial charge on any atom is 0.357 e. The minimum atomic E-state index is -1.59. The van der Waals surface area contributed by atoms with Gasteiger partial charge in [-0.1, -0.05) is 24.3 Å². The van der Waals surface area contributed by atoms with Crippen LogP contribution in [0, 0.1) is 0 Å². The van der Waals surface area contributed by atoms with Crippen molar-refractivity contribution in [3.63, 3.8) is 0 Å². The highest BCUT2D eigenvalue weighted by Crippen LogP contribution is 2.36. The van der Waals surface area contributed by atoms with Crippen molar-refractivity contribution in [2.45, 2.75) is 11.6 Å². The van der Waals surface area contributed by atoms with Crippen molar-refractivity contribution in [2.75, 3.05) is 13.7 Å². The predicted molar refractivity (Wildman–Crippen MR) is 85.4 cm³/mol. The number of rotatable bonds is 4. The zero-order chi connectivity index (χ0) is 17.0. The molecule has 2 atom stereocenters. The number of nitrogens with zero attached hydrogens (tertiary/aromatic N) is 3. The summed E-state index contributed by atoms with van der Waals surface area (Å²) in [4.78, 5) is 29.1. The van der Waals surface area contributed by atoms with E-state index in [9.17, 15) is 9.59 Å². The summed E-state index contributed by atoms with van der Waals surface area (Å²) in [5.74, 6) is -1.57. The smallest absolute Gasteiger partial charge is 0.357 e. The first-order chi connectivity index (χ1) is 11.7. The van der Waals surface area contributed by atoms with Gasteiger partial charge in [0.25, 0.3) is 11.6 Å².